The summed E-state index contributed by atoms with van der Waals surface area (Å²) >= 11 is 0. The van der Waals surface area contributed by atoms with Crippen LogP contribution in [-0.4, -0.2) is 28.3 Å². The maximum Gasteiger partial charge on any atom is 0.119 e. The Balaban J connectivity index is 1.73. The molecule has 3 aromatic rings. The molecule has 5 heteroatoms. The van der Waals surface area contributed by atoms with Crippen LogP contribution in [0, 0.1) is 6.92 Å². The van der Waals surface area contributed by atoms with Gasteiger partial charge in [-0.1, -0.05) is 35.0 Å². The molecule has 0 amide bonds. The molecular weight excluding hydrogens is 293 g/mol. The van der Waals surface area contributed by atoms with Crippen LogP contribution in [0.15, 0.2) is 54.7 Å². The Morgan fingerprint density at radius 3 is 2.48 bits per heavy atom. The first-order chi connectivity index (χ1) is 11.3. The Morgan fingerprint density at radius 2 is 1.78 bits per heavy atom. The molecule has 118 valence electrons. The minimum Gasteiger partial charge on any atom is -0.493 e. The van der Waals surface area contributed by atoms with E-state index in [1.165, 1.54) is 5.56 Å². The second-order valence-corrected chi connectivity index (χ2v) is 5.30. The maximum atomic E-state index is 12.0. The molecule has 0 spiro atoms. The van der Waals surface area contributed by atoms with Crippen molar-refractivity contribution in [3.63, 3.8) is 0 Å². The predicted octanol–water partition coefficient (Wildman–Crippen LogP) is 3.98. The maximum absolute atomic E-state index is 12.0. The average molecular weight is 311 g/mol. The van der Waals surface area contributed by atoms with Crippen LogP contribution in [0.5, 0.6) is 5.75 Å². The third kappa shape index (κ3) is 3.74. The van der Waals surface area contributed by atoms with Gasteiger partial charge in [0.25, 0.3) is 0 Å². The van der Waals surface area contributed by atoms with Crippen LogP contribution < -0.4 is 4.74 Å². The third-order valence-corrected chi connectivity index (χ3v) is 3.49. The Bertz CT molecular complexity index is 751. The van der Waals surface area contributed by atoms with Gasteiger partial charge in [0.2, 0.25) is 0 Å². The molecule has 0 aliphatic heterocycles. The quantitative estimate of drug-likeness (QED) is 0.646. The molecule has 0 aliphatic carbocycles. The first kappa shape index (κ1) is 15.2. The highest BCUT2D eigenvalue weighted by Gasteiger charge is 2.05. The minimum atomic E-state index is -0.362. The van der Waals surface area contributed by atoms with E-state index in [4.69, 9.17) is 4.74 Å². The van der Waals surface area contributed by atoms with Gasteiger partial charge in [0.05, 0.1) is 25.2 Å². The van der Waals surface area contributed by atoms with Gasteiger partial charge in [-0.05, 0) is 31.2 Å². The molecule has 4 nitrogen and oxygen atoms in total. The summed E-state index contributed by atoms with van der Waals surface area (Å²) in [6.45, 7) is 2.08. The number of aromatic nitrogens is 3. The molecule has 0 aliphatic rings. The zero-order chi connectivity index (χ0) is 16.1. The van der Waals surface area contributed by atoms with Crippen molar-refractivity contribution in [2.45, 2.75) is 13.3 Å². The summed E-state index contributed by atoms with van der Waals surface area (Å²) in [4.78, 5) is 0. The van der Waals surface area contributed by atoms with E-state index in [1.54, 1.807) is 4.68 Å². The summed E-state index contributed by atoms with van der Waals surface area (Å²) < 4.78 is 19.2. The van der Waals surface area contributed by atoms with Crippen LogP contribution in [0.4, 0.5) is 4.39 Å². The van der Waals surface area contributed by atoms with Crippen LogP contribution >= 0.6 is 0 Å². The number of rotatable bonds is 6. The second kappa shape index (κ2) is 7.05. The van der Waals surface area contributed by atoms with Crippen molar-refractivity contribution in [2.75, 3.05) is 13.3 Å². The molecule has 0 unspecified atom stereocenters. The van der Waals surface area contributed by atoms with Crippen LogP contribution in [0.25, 0.3) is 16.9 Å². The molecule has 1 aromatic heterocycles. The lowest BCUT2D eigenvalue weighted by atomic mass is 10.1. The fourth-order valence-electron chi connectivity index (χ4n) is 2.19. The number of ether oxygens (including phenoxy) is 1. The van der Waals surface area contributed by atoms with Gasteiger partial charge in [-0.3, -0.25) is 4.39 Å². The molecule has 3 rings (SSSR count). The lowest BCUT2D eigenvalue weighted by Crippen LogP contribution is -1.99. The molecule has 0 saturated heterocycles. The lowest BCUT2D eigenvalue weighted by Gasteiger charge is -2.05. The van der Waals surface area contributed by atoms with Gasteiger partial charge < -0.3 is 4.74 Å². The Kier molecular flexibility index (Phi) is 4.66. The number of halogens is 1. The van der Waals surface area contributed by atoms with Crippen LogP contribution in [0.3, 0.4) is 0 Å². The van der Waals surface area contributed by atoms with Crippen molar-refractivity contribution < 1.29 is 9.13 Å². The highest BCUT2D eigenvalue weighted by Crippen LogP contribution is 2.19. The van der Waals surface area contributed by atoms with Gasteiger partial charge in [0.15, 0.2) is 0 Å². The van der Waals surface area contributed by atoms with Crippen LogP contribution in [-0.2, 0) is 0 Å². The highest BCUT2D eigenvalue weighted by molar-refractivity contribution is 5.58. The molecule has 0 N–H and O–H groups in total. The molecule has 0 fully saturated rings. The number of benzene rings is 2. The first-order valence-corrected chi connectivity index (χ1v) is 7.55. The second-order valence-electron chi connectivity index (χ2n) is 5.30. The van der Waals surface area contributed by atoms with Gasteiger partial charge in [-0.2, -0.15) is 0 Å². The lowest BCUT2D eigenvalue weighted by molar-refractivity contribution is 0.289. The Morgan fingerprint density at radius 1 is 1.04 bits per heavy atom. The molecule has 0 radical (unpaired) electrons. The monoisotopic (exact) mass is 311 g/mol. The number of hydrogen-bond donors (Lipinski definition) is 0. The van der Waals surface area contributed by atoms with Crippen molar-refractivity contribution in [3.05, 3.63) is 60.3 Å². The number of nitrogens with zero attached hydrogens (tertiary/aromatic N) is 3. The first-order valence-electron chi connectivity index (χ1n) is 7.55. The molecule has 1 heterocycles. The summed E-state index contributed by atoms with van der Waals surface area (Å²) in [7, 11) is 0. The zero-order valence-electron chi connectivity index (χ0n) is 12.9. The summed E-state index contributed by atoms with van der Waals surface area (Å²) in [5.74, 6) is 0.723. The van der Waals surface area contributed by atoms with E-state index < -0.39 is 0 Å². The standard InChI is InChI=1S/C18H18FN3O/c1-14-3-5-15(6-4-14)18-13-22(21-20-18)16-7-9-17(10-8-16)23-12-2-11-19/h3-10,13H,2,11-12H2,1H3. The number of hydrogen-bond acceptors (Lipinski definition) is 3. The molecule has 2 aromatic carbocycles. The summed E-state index contributed by atoms with van der Waals surface area (Å²) in [5, 5.41) is 8.38. The summed E-state index contributed by atoms with van der Waals surface area (Å²) in [5.41, 5.74) is 3.97. The highest BCUT2D eigenvalue weighted by atomic mass is 19.1. The van der Waals surface area contributed by atoms with E-state index in [-0.39, 0.29) is 6.67 Å². The van der Waals surface area contributed by atoms with E-state index in [0.717, 1.165) is 22.7 Å². The van der Waals surface area contributed by atoms with Crippen molar-refractivity contribution >= 4 is 0 Å². The molecule has 0 saturated carbocycles. The van der Waals surface area contributed by atoms with Crippen molar-refractivity contribution in [2.24, 2.45) is 0 Å². The molecule has 0 atom stereocenters. The SMILES string of the molecule is Cc1ccc(-c2cn(-c3ccc(OCCCF)cc3)nn2)cc1. The third-order valence-electron chi connectivity index (χ3n) is 3.49. The van der Waals surface area contributed by atoms with Gasteiger partial charge >= 0.3 is 0 Å². The van der Waals surface area contributed by atoms with Gasteiger partial charge in [-0.25, -0.2) is 4.68 Å². The Hall–Kier alpha value is -2.69. The zero-order valence-corrected chi connectivity index (χ0v) is 12.9. The minimum absolute atomic E-state index is 0.362. The number of aryl methyl sites for hydroxylation is 1. The number of alkyl halides is 1. The van der Waals surface area contributed by atoms with Crippen LogP contribution in [0.2, 0.25) is 0 Å². The Labute approximate surface area is 134 Å². The van der Waals surface area contributed by atoms with E-state index in [1.807, 2.05) is 42.6 Å². The van der Waals surface area contributed by atoms with Crippen molar-refractivity contribution in [1.82, 2.24) is 15.0 Å². The predicted molar refractivity (Wildman–Crippen MR) is 87.6 cm³/mol. The normalized spacial score (nSPS) is 10.7. The smallest absolute Gasteiger partial charge is 0.119 e. The summed E-state index contributed by atoms with van der Waals surface area (Å²) in [6, 6.07) is 15.7. The van der Waals surface area contributed by atoms with E-state index in [9.17, 15) is 4.39 Å². The topological polar surface area (TPSA) is 39.9 Å². The van der Waals surface area contributed by atoms with Crippen LogP contribution in [0.1, 0.15) is 12.0 Å². The van der Waals surface area contributed by atoms with E-state index in [2.05, 4.69) is 29.4 Å². The van der Waals surface area contributed by atoms with Gasteiger partial charge in [0.1, 0.15) is 11.4 Å². The van der Waals surface area contributed by atoms with Gasteiger partial charge in [0, 0.05) is 12.0 Å². The largest absolute Gasteiger partial charge is 0.493 e. The summed E-state index contributed by atoms with van der Waals surface area (Å²) in [6.07, 6.45) is 2.30. The van der Waals surface area contributed by atoms with E-state index in [0.29, 0.717) is 13.0 Å². The van der Waals surface area contributed by atoms with Crippen molar-refractivity contribution in [3.8, 4) is 22.7 Å². The average Bonchev–Trinajstić information content (AvgIpc) is 3.06. The molecule has 0 bridgehead atoms. The van der Waals surface area contributed by atoms with E-state index >= 15 is 0 Å². The fourth-order valence-corrected chi connectivity index (χ4v) is 2.19. The molecular formula is C18H18FN3O. The molecule has 23 heavy (non-hydrogen) atoms. The fraction of sp³-hybridized carbons (Fsp3) is 0.222. The van der Waals surface area contributed by atoms with Gasteiger partial charge in [-0.15, -0.1) is 5.10 Å². The van der Waals surface area contributed by atoms with Crippen molar-refractivity contribution in [1.29, 1.82) is 0 Å².